The van der Waals surface area contributed by atoms with E-state index in [-0.39, 0.29) is 36.4 Å². The van der Waals surface area contributed by atoms with Gasteiger partial charge in [0.1, 0.15) is 12.0 Å². The van der Waals surface area contributed by atoms with Gasteiger partial charge in [-0.2, -0.15) is 0 Å². The maximum absolute atomic E-state index is 12.0. The number of aliphatic imine (C=N–C) groups is 1. The minimum absolute atomic E-state index is 0. The van der Waals surface area contributed by atoms with Crippen LogP contribution in [-0.4, -0.2) is 66.6 Å². The Balaban J connectivity index is 0.00000261. The van der Waals surface area contributed by atoms with Gasteiger partial charge in [0.2, 0.25) is 5.91 Å². The van der Waals surface area contributed by atoms with Gasteiger partial charge in [-0.05, 0) is 12.1 Å². The Kier molecular flexibility index (Phi) is 8.58. The molecule has 0 aliphatic carbocycles. The van der Waals surface area contributed by atoms with E-state index < -0.39 is 0 Å². The standard InChI is InChI=1S/C17H24N6O3.HI/c1-18-17(20-12-16(24)19-11-15-3-2-9-25-15)23-7-5-22(6-8-23)13-14-4-10-26-21-14;/h2-4,9-10H,5-8,11-13H2,1H3,(H,18,20)(H,19,24);1H. The van der Waals surface area contributed by atoms with E-state index in [1.807, 2.05) is 12.1 Å². The molecule has 0 radical (unpaired) electrons. The first kappa shape index (κ1) is 21.2. The van der Waals surface area contributed by atoms with E-state index in [2.05, 4.69) is 30.6 Å². The van der Waals surface area contributed by atoms with Crippen LogP contribution in [0.25, 0.3) is 0 Å². The first-order chi connectivity index (χ1) is 12.7. The fraction of sp³-hybridized carbons (Fsp3) is 0.471. The van der Waals surface area contributed by atoms with Crippen LogP contribution in [0.3, 0.4) is 0 Å². The Hall–Kier alpha value is -2.08. The van der Waals surface area contributed by atoms with Crippen LogP contribution in [0.5, 0.6) is 0 Å². The fourth-order valence-corrected chi connectivity index (χ4v) is 2.82. The lowest BCUT2D eigenvalue weighted by Gasteiger charge is -2.36. The Morgan fingerprint density at radius 3 is 2.67 bits per heavy atom. The molecule has 1 aliphatic rings. The van der Waals surface area contributed by atoms with Gasteiger partial charge in [-0.15, -0.1) is 24.0 Å². The highest BCUT2D eigenvalue weighted by molar-refractivity contribution is 14.0. The molecule has 27 heavy (non-hydrogen) atoms. The number of aromatic nitrogens is 1. The highest BCUT2D eigenvalue weighted by Gasteiger charge is 2.20. The lowest BCUT2D eigenvalue weighted by molar-refractivity contribution is -0.120. The lowest BCUT2D eigenvalue weighted by Crippen LogP contribution is -2.53. The molecule has 0 atom stereocenters. The molecule has 2 aromatic rings. The summed E-state index contributed by atoms with van der Waals surface area (Å²) in [6.07, 6.45) is 3.18. The zero-order chi connectivity index (χ0) is 18.2. The van der Waals surface area contributed by atoms with E-state index in [0.717, 1.165) is 50.1 Å². The van der Waals surface area contributed by atoms with E-state index in [1.165, 1.54) is 0 Å². The Morgan fingerprint density at radius 2 is 2.04 bits per heavy atom. The van der Waals surface area contributed by atoms with Crippen LogP contribution in [0.15, 0.2) is 44.7 Å². The summed E-state index contributed by atoms with van der Waals surface area (Å²) >= 11 is 0. The van der Waals surface area contributed by atoms with E-state index in [1.54, 1.807) is 25.6 Å². The molecule has 148 valence electrons. The molecule has 0 saturated carbocycles. The van der Waals surface area contributed by atoms with Crippen molar-refractivity contribution in [1.82, 2.24) is 25.6 Å². The summed E-state index contributed by atoms with van der Waals surface area (Å²) in [6.45, 7) is 4.82. The van der Waals surface area contributed by atoms with E-state index >= 15 is 0 Å². The number of furan rings is 1. The zero-order valence-corrected chi connectivity index (χ0v) is 17.6. The second kappa shape index (κ2) is 10.9. The maximum Gasteiger partial charge on any atom is 0.239 e. The maximum atomic E-state index is 12.0. The van der Waals surface area contributed by atoms with Crippen molar-refractivity contribution in [2.24, 2.45) is 4.99 Å². The summed E-state index contributed by atoms with van der Waals surface area (Å²) in [5.41, 5.74) is 0.939. The highest BCUT2D eigenvalue weighted by Crippen LogP contribution is 2.07. The zero-order valence-electron chi connectivity index (χ0n) is 15.3. The summed E-state index contributed by atoms with van der Waals surface area (Å²) in [6, 6.07) is 5.50. The number of amides is 1. The van der Waals surface area contributed by atoms with Gasteiger partial charge < -0.3 is 24.5 Å². The molecule has 1 aliphatic heterocycles. The van der Waals surface area contributed by atoms with E-state index in [9.17, 15) is 4.79 Å². The predicted octanol–water partition coefficient (Wildman–Crippen LogP) is 0.895. The predicted molar refractivity (Wildman–Crippen MR) is 111 cm³/mol. The van der Waals surface area contributed by atoms with Crippen LogP contribution in [0.4, 0.5) is 0 Å². The van der Waals surface area contributed by atoms with Crippen LogP contribution >= 0.6 is 24.0 Å². The molecule has 1 amide bonds. The first-order valence-electron chi connectivity index (χ1n) is 8.61. The number of nitrogens with one attached hydrogen (secondary N) is 2. The molecule has 0 spiro atoms. The minimum Gasteiger partial charge on any atom is -0.467 e. The molecule has 0 unspecified atom stereocenters. The number of rotatable bonds is 6. The number of hydrogen-bond acceptors (Lipinski definition) is 6. The van der Waals surface area contributed by atoms with Gasteiger partial charge >= 0.3 is 0 Å². The molecule has 3 rings (SSSR count). The highest BCUT2D eigenvalue weighted by atomic mass is 127. The smallest absolute Gasteiger partial charge is 0.239 e. The Bertz CT molecular complexity index is 696. The largest absolute Gasteiger partial charge is 0.467 e. The summed E-state index contributed by atoms with van der Waals surface area (Å²) in [5.74, 6) is 1.36. The minimum atomic E-state index is -0.104. The molecule has 2 N–H and O–H groups in total. The number of nitrogens with zero attached hydrogens (tertiary/aromatic N) is 4. The van der Waals surface area contributed by atoms with Crippen LogP contribution in [0.2, 0.25) is 0 Å². The number of halogens is 1. The first-order valence-corrected chi connectivity index (χ1v) is 8.61. The van der Waals surface area contributed by atoms with Crippen molar-refractivity contribution in [3.05, 3.63) is 42.2 Å². The van der Waals surface area contributed by atoms with E-state index in [4.69, 9.17) is 8.94 Å². The van der Waals surface area contributed by atoms with Crippen molar-refractivity contribution < 1.29 is 13.7 Å². The molecular formula is C17H25IN6O3. The van der Waals surface area contributed by atoms with Crippen LogP contribution < -0.4 is 10.6 Å². The fourth-order valence-electron chi connectivity index (χ4n) is 2.82. The van der Waals surface area contributed by atoms with Crippen molar-refractivity contribution in [3.8, 4) is 0 Å². The van der Waals surface area contributed by atoms with Gasteiger partial charge in [0.25, 0.3) is 0 Å². The second-order valence-corrected chi connectivity index (χ2v) is 6.01. The summed E-state index contributed by atoms with van der Waals surface area (Å²) in [5, 5.41) is 9.87. The molecule has 0 aromatic carbocycles. The third kappa shape index (κ3) is 6.54. The van der Waals surface area contributed by atoms with Crippen molar-refractivity contribution >= 4 is 35.8 Å². The van der Waals surface area contributed by atoms with Crippen molar-refractivity contribution in [2.75, 3.05) is 39.8 Å². The van der Waals surface area contributed by atoms with Gasteiger partial charge in [0.05, 0.1) is 25.0 Å². The van der Waals surface area contributed by atoms with Gasteiger partial charge in [0.15, 0.2) is 5.96 Å². The number of guanidine groups is 1. The number of hydrogen-bond donors (Lipinski definition) is 2. The summed E-state index contributed by atoms with van der Waals surface area (Å²) in [4.78, 5) is 20.7. The van der Waals surface area contributed by atoms with Crippen molar-refractivity contribution in [1.29, 1.82) is 0 Å². The second-order valence-electron chi connectivity index (χ2n) is 6.01. The quantitative estimate of drug-likeness (QED) is 0.354. The lowest BCUT2D eigenvalue weighted by atomic mass is 10.3. The molecule has 3 heterocycles. The normalized spacial score (nSPS) is 15.3. The third-order valence-electron chi connectivity index (χ3n) is 4.21. The monoisotopic (exact) mass is 488 g/mol. The van der Waals surface area contributed by atoms with Crippen LogP contribution in [-0.2, 0) is 17.9 Å². The third-order valence-corrected chi connectivity index (χ3v) is 4.21. The molecule has 2 aromatic heterocycles. The number of carbonyl (C=O) groups is 1. The molecule has 1 saturated heterocycles. The van der Waals surface area contributed by atoms with Crippen molar-refractivity contribution in [3.63, 3.8) is 0 Å². The van der Waals surface area contributed by atoms with Crippen LogP contribution in [0, 0.1) is 0 Å². The molecule has 10 heteroatoms. The van der Waals surface area contributed by atoms with Gasteiger partial charge in [-0.1, -0.05) is 5.16 Å². The molecular weight excluding hydrogens is 463 g/mol. The summed E-state index contributed by atoms with van der Waals surface area (Å²) in [7, 11) is 1.73. The Morgan fingerprint density at radius 1 is 1.22 bits per heavy atom. The van der Waals surface area contributed by atoms with Gasteiger partial charge in [-0.25, -0.2) is 0 Å². The average Bonchev–Trinajstić information content (AvgIpc) is 3.35. The SMILES string of the molecule is CN=C(NCC(=O)NCc1ccco1)N1CCN(Cc2ccon2)CC1.I. The van der Waals surface area contributed by atoms with Gasteiger partial charge in [0, 0.05) is 45.8 Å². The molecule has 1 fully saturated rings. The van der Waals surface area contributed by atoms with Gasteiger partial charge in [-0.3, -0.25) is 14.7 Å². The van der Waals surface area contributed by atoms with Crippen molar-refractivity contribution in [2.45, 2.75) is 13.1 Å². The summed E-state index contributed by atoms with van der Waals surface area (Å²) < 4.78 is 10.1. The topological polar surface area (TPSA) is 99.1 Å². The number of piperazine rings is 1. The number of carbonyl (C=O) groups excluding carboxylic acids is 1. The Labute approximate surface area is 175 Å². The van der Waals surface area contributed by atoms with Crippen LogP contribution in [0.1, 0.15) is 11.5 Å². The van der Waals surface area contributed by atoms with E-state index in [0.29, 0.717) is 6.54 Å². The molecule has 9 nitrogen and oxygen atoms in total. The average molecular weight is 488 g/mol. The molecule has 0 bridgehead atoms.